The van der Waals surface area contributed by atoms with E-state index >= 15 is 0 Å². The van der Waals surface area contributed by atoms with Gasteiger partial charge >= 0.3 is 0 Å². The Morgan fingerprint density at radius 3 is 2.76 bits per heavy atom. The molecular weight excluding hydrogens is 270 g/mol. The Labute approximate surface area is 124 Å². The Balaban J connectivity index is 2.16. The third-order valence-electron chi connectivity index (χ3n) is 3.04. The lowest BCUT2D eigenvalue weighted by atomic mass is 10.1. The smallest absolute Gasteiger partial charge is 0.258 e. The molecule has 2 rings (SSSR count). The Morgan fingerprint density at radius 1 is 1.33 bits per heavy atom. The summed E-state index contributed by atoms with van der Waals surface area (Å²) < 4.78 is 16.0. The summed E-state index contributed by atoms with van der Waals surface area (Å²) in [7, 11) is 1.63. The summed E-state index contributed by atoms with van der Waals surface area (Å²) >= 11 is 0. The molecule has 1 aromatic heterocycles. The summed E-state index contributed by atoms with van der Waals surface area (Å²) in [5.41, 5.74) is 7.82. The maximum Gasteiger partial charge on any atom is 0.258 e. The second kappa shape index (κ2) is 6.69. The van der Waals surface area contributed by atoms with Gasteiger partial charge in [-0.3, -0.25) is 0 Å². The maximum atomic E-state index is 5.98. The number of nitrogens with zero attached hydrogens (tertiary/aromatic N) is 2. The highest BCUT2D eigenvalue weighted by molar-refractivity contribution is 5.57. The van der Waals surface area contributed by atoms with Gasteiger partial charge in [0.2, 0.25) is 0 Å². The van der Waals surface area contributed by atoms with Gasteiger partial charge in [-0.2, -0.15) is 4.98 Å². The lowest BCUT2D eigenvalue weighted by Gasteiger charge is -2.10. The lowest BCUT2D eigenvalue weighted by Crippen LogP contribution is -2.20. The number of ether oxygens (including phenoxy) is 2. The number of hydrogen-bond donors (Lipinski definition) is 1. The molecule has 2 N–H and O–H groups in total. The van der Waals surface area contributed by atoms with Crippen molar-refractivity contribution in [1.29, 1.82) is 0 Å². The van der Waals surface area contributed by atoms with Crippen LogP contribution in [0.15, 0.2) is 22.7 Å². The standard InChI is InChI=1S/C15H21N3O3/c1-9(2)20-8-12(16)14-17-15(21-18-14)11-6-5-10(3)13(7-11)19-4/h5-7,9,12H,8,16H2,1-4H3. The van der Waals surface area contributed by atoms with Crippen LogP contribution < -0.4 is 10.5 Å². The fourth-order valence-electron chi connectivity index (χ4n) is 1.83. The van der Waals surface area contributed by atoms with Gasteiger partial charge in [-0.1, -0.05) is 11.2 Å². The van der Waals surface area contributed by atoms with Gasteiger partial charge in [0.05, 0.1) is 25.9 Å². The minimum Gasteiger partial charge on any atom is -0.496 e. The van der Waals surface area contributed by atoms with E-state index in [0.29, 0.717) is 18.3 Å². The zero-order chi connectivity index (χ0) is 15.4. The molecule has 0 aliphatic rings. The average molecular weight is 291 g/mol. The van der Waals surface area contributed by atoms with Gasteiger partial charge in [-0.05, 0) is 38.5 Å². The molecule has 0 spiro atoms. The van der Waals surface area contributed by atoms with Crippen molar-refractivity contribution in [3.8, 4) is 17.2 Å². The summed E-state index contributed by atoms with van der Waals surface area (Å²) in [6.45, 7) is 6.23. The third kappa shape index (κ3) is 3.80. The minimum atomic E-state index is -0.405. The van der Waals surface area contributed by atoms with Gasteiger partial charge in [0.25, 0.3) is 5.89 Å². The van der Waals surface area contributed by atoms with Crippen LogP contribution in [0.4, 0.5) is 0 Å². The highest BCUT2D eigenvalue weighted by atomic mass is 16.5. The van der Waals surface area contributed by atoms with Gasteiger partial charge in [0, 0.05) is 5.56 Å². The Bertz CT molecular complexity index is 596. The van der Waals surface area contributed by atoms with Crippen LogP contribution in [0.2, 0.25) is 0 Å². The molecule has 6 heteroatoms. The first kappa shape index (κ1) is 15.5. The Hall–Kier alpha value is -1.92. The van der Waals surface area contributed by atoms with Crippen molar-refractivity contribution in [1.82, 2.24) is 10.1 Å². The van der Waals surface area contributed by atoms with Crippen LogP contribution in [-0.2, 0) is 4.74 Å². The van der Waals surface area contributed by atoms with Crippen molar-refractivity contribution in [3.05, 3.63) is 29.6 Å². The Morgan fingerprint density at radius 2 is 2.10 bits per heavy atom. The molecule has 0 fully saturated rings. The predicted molar refractivity (Wildman–Crippen MR) is 79.0 cm³/mol. The molecule has 2 aromatic rings. The molecule has 0 aliphatic heterocycles. The van der Waals surface area contributed by atoms with Crippen molar-refractivity contribution >= 4 is 0 Å². The van der Waals surface area contributed by atoms with Crippen LogP contribution in [0.5, 0.6) is 5.75 Å². The molecule has 0 saturated carbocycles. The Kier molecular flexibility index (Phi) is 4.93. The molecule has 6 nitrogen and oxygen atoms in total. The third-order valence-corrected chi connectivity index (χ3v) is 3.04. The van der Waals surface area contributed by atoms with Crippen molar-refractivity contribution in [2.24, 2.45) is 5.73 Å². The molecule has 1 atom stereocenters. The quantitative estimate of drug-likeness (QED) is 0.880. The van der Waals surface area contributed by atoms with E-state index in [2.05, 4.69) is 10.1 Å². The number of aryl methyl sites for hydroxylation is 1. The monoisotopic (exact) mass is 291 g/mol. The normalized spacial score (nSPS) is 12.7. The van der Waals surface area contributed by atoms with Crippen molar-refractivity contribution < 1.29 is 14.0 Å². The summed E-state index contributed by atoms with van der Waals surface area (Å²) in [5, 5.41) is 3.92. The minimum absolute atomic E-state index is 0.115. The van der Waals surface area contributed by atoms with E-state index in [1.807, 2.05) is 39.0 Å². The van der Waals surface area contributed by atoms with Crippen LogP contribution in [0.3, 0.4) is 0 Å². The first-order valence-electron chi connectivity index (χ1n) is 6.87. The number of nitrogens with two attached hydrogens (primary N) is 1. The first-order chi connectivity index (χ1) is 10.0. The van der Waals surface area contributed by atoms with E-state index in [0.717, 1.165) is 16.9 Å². The maximum absolute atomic E-state index is 5.98. The van der Waals surface area contributed by atoms with Gasteiger partial charge in [-0.15, -0.1) is 0 Å². The zero-order valence-electron chi connectivity index (χ0n) is 12.8. The van der Waals surface area contributed by atoms with E-state index in [1.165, 1.54) is 0 Å². The number of methoxy groups -OCH3 is 1. The summed E-state index contributed by atoms with van der Waals surface area (Å²) in [4.78, 5) is 4.33. The van der Waals surface area contributed by atoms with E-state index in [9.17, 15) is 0 Å². The second-order valence-electron chi connectivity index (χ2n) is 5.13. The number of benzene rings is 1. The van der Waals surface area contributed by atoms with Crippen LogP contribution in [-0.4, -0.2) is 30.0 Å². The van der Waals surface area contributed by atoms with Crippen molar-refractivity contribution in [3.63, 3.8) is 0 Å². The lowest BCUT2D eigenvalue weighted by molar-refractivity contribution is 0.0665. The van der Waals surface area contributed by atoms with Crippen LogP contribution in [0.25, 0.3) is 11.5 Å². The molecule has 0 bridgehead atoms. The molecule has 1 heterocycles. The summed E-state index contributed by atoms with van der Waals surface area (Å²) in [6.07, 6.45) is 0.115. The molecule has 1 aromatic carbocycles. The molecule has 0 saturated heterocycles. The van der Waals surface area contributed by atoms with Gasteiger partial charge in [0.15, 0.2) is 5.82 Å². The SMILES string of the molecule is COc1cc(-c2nc(C(N)COC(C)C)no2)ccc1C. The predicted octanol–water partition coefficient (Wildman–Crippen LogP) is 2.48. The molecular formula is C15H21N3O3. The topological polar surface area (TPSA) is 83.4 Å². The molecule has 1 unspecified atom stereocenters. The van der Waals surface area contributed by atoms with E-state index in [4.69, 9.17) is 19.7 Å². The average Bonchev–Trinajstić information content (AvgIpc) is 2.95. The molecule has 0 radical (unpaired) electrons. The van der Waals surface area contributed by atoms with Crippen LogP contribution in [0.1, 0.15) is 31.3 Å². The largest absolute Gasteiger partial charge is 0.496 e. The molecule has 0 amide bonds. The fraction of sp³-hybridized carbons (Fsp3) is 0.467. The van der Waals surface area contributed by atoms with E-state index in [1.54, 1.807) is 7.11 Å². The molecule has 0 aliphatic carbocycles. The summed E-state index contributed by atoms with van der Waals surface area (Å²) in [6, 6.07) is 5.31. The first-order valence-corrected chi connectivity index (χ1v) is 6.87. The zero-order valence-corrected chi connectivity index (χ0v) is 12.8. The van der Waals surface area contributed by atoms with E-state index in [-0.39, 0.29) is 6.10 Å². The second-order valence-corrected chi connectivity index (χ2v) is 5.13. The molecule has 114 valence electrons. The highest BCUT2D eigenvalue weighted by Crippen LogP contribution is 2.26. The van der Waals surface area contributed by atoms with Gasteiger partial charge in [0.1, 0.15) is 5.75 Å². The molecule has 21 heavy (non-hydrogen) atoms. The number of hydrogen-bond acceptors (Lipinski definition) is 6. The number of aromatic nitrogens is 2. The van der Waals surface area contributed by atoms with E-state index < -0.39 is 6.04 Å². The van der Waals surface area contributed by atoms with Gasteiger partial charge < -0.3 is 19.7 Å². The van der Waals surface area contributed by atoms with Crippen molar-refractivity contribution in [2.75, 3.05) is 13.7 Å². The number of rotatable bonds is 6. The fourth-order valence-corrected chi connectivity index (χ4v) is 1.83. The van der Waals surface area contributed by atoms with Crippen molar-refractivity contribution in [2.45, 2.75) is 32.9 Å². The van der Waals surface area contributed by atoms with Crippen LogP contribution in [0, 0.1) is 6.92 Å². The van der Waals surface area contributed by atoms with Gasteiger partial charge in [-0.25, -0.2) is 0 Å². The highest BCUT2D eigenvalue weighted by Gasteiger charge is 2.16. The van der Waals surface area contributed by atoms with Crippen LogP contribution >= 0.6 is 0 Å². The summed E-state index contributed by atoms with van der Waals surface area (Å²) in [5.74, 6) is 1.63.